The van der Waals surface area contributed by atoms with Gasteiger partial charge in [-0.05, 0) is 43.4 Å². The van der Waals surface area contributed by atoms with Crippen molar-refractivity contribution >= 4 is 10.0 Å². The van der Waals surface area contributed by atoms with Crippen LogP contribution >= 0.6 is 0 Å². The second kappa shape index (κ2) is 7.00. The van der Waals surface area contributed by atoms with Crippen molar-refractivity contribution in [3.8, 4) is 0 Å². The Morgan fingerprint density at radius 3 is 2.67 bits per heavy atom. The highest BCUT2D eigenvalue weighted by Crippen LogP contribution is 2.25. The molecule has 0 atom stereocenters. The van der Waals surface area contributed by atoms with Gasteiger partial charge in [0.25, 0.3) is 0 Å². The third-order valence-electron chi connectivity index (χ3n) is 4.39. The number of aliphatic hydroxyl groups excluding tert-OH is 1. The van der Waals surface area contributed by atoms with Gasteiger partial charge >= 0.3 is 0 Å². The summed E-state index contributed by atoms with van der Waals surface area (Å²) in [6.45, 7) is 3.51. The molecule has 2 aromatic rings. The van der Waals surface area contributed by atoms with E-state index < -0.39 is 10.0 Å². The molecule has 1 aromatic heterocycles. The predicted octanol–water partition coefficient (Wildman–Crippen LogP) is 1.18. The molecule has 0 unspecified atom stereocenters. The molecule has 8 heteroatoms. The Bertz CT molecular complexity index is 795. The molecular formula is C16H22N4O3S. The van der Waals surface area contributed by atoms with Gasteiger partial charge in [-0.3, -0.25) is 4.68 Å². The van der Waals surface area contributed by atoms with E-state index in [9.17, 15) is 8.42 Å². The largest absolute Gasteiger partial charge is 0.390 e. The van der Waals surface area contributed by atoms with Gasteiger partial charge in [0, 0.05) is 19.6 Å². The summed E-state index contributed by atoms with van der Waals surface area (Å²) in [5.74, 6) is 0.363. The summed E-state index contributed by atoms with van der Waals surface area (Å²) < 4.78 is 28.7. The molecule has 3 rings (SSSR count). The molecule has 1 N–H and O–H groups in total. The third kappa shape index (κ3) is 3.66. The molecule has 0 aliphatic carbocycles. The first kappa shape index (κ1) is 17.1. The van der Waals surface area contributed by atoms with E-state index in [2.05, 4.69) is 10.3 Å². The summed E-state index contributed by atoms with van der Waals surface area (Å²) in [4.78, 5) is 0.366. The van der Waals surface area contributed by atoms with Crippen LogP contribution in [0.5, 0.6) is 0 Å². The van der Waals surface area contributed by atoms with Crippen molar-refractivity contribution in [3.63, 3.8) is 0 Å². The Hall–Kier alpha value is -1.77. The summed E-state index contributed by atoms with van der Waals surface area (Å²) in [7, 11) is -3.42. The average Bonchev–Trinajstić information content (AvgIpc) is 3.03. The van der Waals surface area contributed by atoms with Gasteiger partial charge < -0.3 is 5.11 Å². The fourth-order valence-corrected chi connectivity index (χ4v) is 4.60. The molecule has 0 saturated carbocycles. The first-order valence-electron chi connectivity index (χ1n) is 8.06. The van der Waals surface area contributed by atoms with E-state index in [0.717, 1.165) is 18.4 Å². The van der Waals surface area contributed by atoms with Gasteiger partial charge in [-0.2, -0.15) is 4.31 Å². The molecule has 1 fully saturated rings. The monoisotopic (exact) mass is 350 g/mol. The van der Waals surface area contributed by atoms with Crippen LogP contribution in [0.4, 0.5) is 0 Å². The summed E-state index contributed by atoms with van der Waals surface area (Å²) in [5, 5.41) is 16.9. The molecule has 0 bridgehead atoms. The topological polar surface area (TPSA) is 88.3 Å². The fraction of sp³-hybridized carbons (Fsp3) is 0.500. The Kier molecular flexibility index (Phi) is 4.98. The molecule has 0 radical (unpaired) electrons. The SMILES string of the molecule is Cc1cccc(S(=O)(=O)N2CCC(Cn3cc(CO)nn3)CC2)c1. The minimum Gasteiger partial charge on any atom is -0.390 e. The zero-order chi connectivity index (χ0) is 17.2. The molecule has 1 aromatic carbocycles. The Labute approximate surface area is 142 Å². The van der Waals surface area contributed by atoms with Crippen molar-refractivity contribution in [2.24, 2.45) is 5.92 Å². The van der Waals surface area contributed by atoms with Crippen LogP contribution in [-0.4, -0.2) is 45.9 Å². The normalized spacial score (nSPS) is 17.2. The number of nitrogens with zero attached hydrogens (tertiary/aromatic N) is 4. The first-order chi connectivity index (χ1) is 11.5. The molecule has 1 aliphatic rings. The summed E-state index contributed by atoms with van der Waals surface area (Å²) in [6.07, 6.45) is 3.31. The number of hydrogen-bond donors (Lipinski definition) is 1. The highest BCUT2D eigenvalue weighted by atomic mass is 32.2. The van der Waals surface area contributed by atoms with Crippen molar-refractivity contribution < 1.29 is 13.5 Å². The predicted molar refractivity (Wildman–Crippen MR) is 88.6 cm³/mol. The number of benzene rings is 1. The van der Waals surface area contributed by atoms with Gasteiger partial charge in [0.15, 0.2) is 0 Å². The smallest absolute Gasteiger partial charge is 0.243 e. The van der Waals surface area contributed by atoms with Crippen LogP contribution in [0.25, 0.3) is 0 Å². The quantitative estimate of drug-likeness (QED) is 0.875. The van der Waals surface area contributed by atoms with E-state index in [1.165, 1.54) is 0 Å². The molecule has 1 aliphatic heterocycles. The second-order valence-corrected chi connectivity index (χ2v) is 8.19. The van der Waals surface area contributed by atoms with Gasteiger partial charge in [-0.25, -0.2) is 8.42 Å². The van der Waals surface area contributed by atoms with Crippen LogP contribution < -0.4 is 0 Å². The zero-order valence-corrected chi connectivity index (χ0v) is 14.5. The van der Waals surface area contributed by atoms with Crippen molar-refractivity contribution in [3.05, 3.63) is 41.7 Å². The Morgan fingerprint density at radius 2 is 2.04 bits per heavy atom. The number of aromatic nitrogens is 3. The number of hydrogen-bond acceptors (Lipinski definition) is 5. The van der Waals surface area contributed by atoms with E-state index in [4.69, 9.17) is 5.11 Å². The summed E-state index contributed by atoms with van der Waals surface area (Å²) in [5.41, 5.74) is 1.49. The number of aliphatic hydroxyl groups is 1. The van der Waals surface area contributed by atoms with Crippen LogP contribution in [0, 0.1) is 12.8 Å². The van der Waals surface area contributed by atoms with Crippen LogP contribution in [0.15, 0.2) is 35.4 Å². The Balaban J connectivity index is 1.62. The number of piperidine rings is 1. The molecule has 2 heterocycles. The third-order valence-corrected chi connectivity index (χ3v) is 6.29. The maximum atomic E-state index is 12.7. The van der Waals surface area contributed by atoms with E-state index in [1.54, 1.807) is 33.4 Å². The molecule has 1 saturated heterocycles. The van der Waals surface area contributed by atoms with E-state index in [1.807, 2.05) is 13.0 Å². The van der Waals surface area contributed by atoms with E-state index >= 15 is 0 Å². The van der Waals surface area contributed by atoms with E-state index in [0.29, 0.717) is 36.1 Å². The lowest BCUT2D eigenvalue weighted by atomic mass is 9.98. The lowest BCUT2D eigenvalue weighted by molar-refractivity contribution is 0.246. The molecule has 0 amide bonds. The first-order valence-corrected chi connectivity index (χ1v) is 9.50. The van der Waals surface area contributed by atoms with Crippen molar-refractivity contribution in [2.75, 3.05) is 13.1 Å². The second-order valence-electron chi connectivity index (χ2n) is 6.25. The van der Waals surface area contributed by atoms with E-state index in [-0.39, 0.29) is 6.61 Å². The Morgan fingerprint density at radius 1 is 1.29 bits per heavy atom. The number of rotatable bonds is 5. The summed E-state index contributed by atoms with van der Waals surface area (Å²) >= 11 is 0. The maximum absolute atomic E-state index is 12.7. The minimum atomic E-state index is -3.42. The van der Waals surface area contributed by atoms with Gasteiger partial charge in [0.2, 0.25) is 10.0 Å². The van der Waals surface area contributed by atoms with Crippen LogP contribution in [-0.2, 0) is 23.2 Å². The number of aryl methyl sites for hydroxylation is 1. The minimum absolute atomic E-state index is 0.118. The highest BCUT2D eigenvalue weighted by Gasteiger charge is 2.29. The molecule has 130 valence electrons. The van der Waals surface area contributed by atoms with Gasteiger partial charge in [-0.15, -0.1) is 5.10 Å². The average molecular weight is 350 g/mol. The van der Waals surface area contributed by atoms with Crippen molar-refractivity contribution in [1.82, 2.24) is 19.3 Å². The van der Waals surface area contributed by atoms with Crippen LogP contribution in [0.1, 0.15) is 24.1 Å². The molecule has 24 heavy (non-hydrogen) atoms. The van der Waals surface area contributed by atoms with Crippen LogP contribution in [0.3, 0.4) is 0 Å². The lowest BCUT2D eigenvalue weighted by Crippen LogP contribution is -2.39. The molecule has 0 spiro atoms. The van der Waals surface area contributed by atoms with Crippen molar-refractivity contribution in [2.45, 2.75) is 37.8 Å². The van der Waals surface area contributed by atoms with Gasteiger partial charge in [0.05, 0.1) is 17.7 Å². The number of sulfonamides is 1. The lowest BCUT2D eigenvalue weighted by Gasteiger charge is -2.31. The van der Waals surface area contributed by atoms with Crippen molar-refractivity contribution in [1.29, 1.82) is 0 Å². The van der Waals surface area contributed by atoms with Crippen LogP contribution in [0.2, 0.25) is 0 Å². The molecular weight excluding hydrogens is 328 g/mol. The van der Waals surface area contributed by atoms with Gasteiger partial charge in [-0.1, -0.05) is 17.3 Å². The zero-order valence-electron chi connectivity index (χ0n) is 13.7. The highest BCUT2D eigenvalue weighted by molar-refractivity contribution is 7.89. The maximum Gasteiger partial charge on any atom is 0.243 e. The molecule has 7 nitrogen and oxygen atoms in total. The standard InChI is InChI=1S/C16H22N4O3S/c1-13-3-2-4-16(9-13)24(22,23)20-7-5-14(6-8-20)10-19-11-15(12-21)17-18-19/h2-4,9,11,14,21H,5-8,10,12H2,1H3. The summed E-state index contributed by atoms with van der Waals surface area (Å²) in [6, 6.07) is 7.04. The fourth-order valence-electron chi connectivity index (χ4n) is 3.02. The van der Waals surface area contributed by atoms with Gasteiger partial charge in [0.1, 0.15) is 5.69 Å².